The molecule has 112 valence electrons. The molecular weight excluding hydrogens is 251 g/mol. The Morgan fingerprint density at radius 2 is 1.90 bits per heavy atom. The van der Waals surface area contributed by atoms with Crippen LogP contribution >= 0.6 is 0 Å². The Kier molecular flexibility index (Phi) is 4.69. The van der Waals surface area contributed by atoms with E-state index < -0.39 is 0 Å². The molecule has 1 saturated heterocycles. The summed E-state index contributed by atoms with van der Waals surface area (Å²) in [7, 11) is 0. The van der Waals surface area contributed by atoms with E-state index in [2.05, 4.69) is 37.9 Å². The fourth-order valence-corrected chi connectivity index (χ4v) is 2.71. The molecule has 0 aliphatic carbocycles. The SMILES string of the molecule is CC(C)NCc1cccc(F)c1N1CCC(C)(C)CC1. The largest absolute Gasteiger partial charge is 0.369 e. The van der Waals surface area contributed by atoms with Gasteiger partial charge in [0.1, 0.15) is 5.82 Å². The van der Waals surface area contributed by atoms with E-state index >= 15 is 0 Å². The lowest BCUT2D eigenvalue weighted by molar-refractivity contribution is 0.278. The average Bonchev–Trinajstić information content (AvgIpc) is 2.37. The van der Waals surface area contributed by atoms with Gasteiger partial charge < -0.3 is 10.2 Å². The normalized spacial score (nSPS) is 18.6. The summed E-state index contributed by atoms with van der Waals surface area (Å²) in [5.41, 5.74) is 2.26. The van der Waals surface area contributed by atoms with Gasteiger partial charge in [-0.15, -0.1) is 0 Å². The van der Waals surface area contributed by atoms with Crippen molar-refractivity contribution in [3.05, 3.63) is 29.6 Å². The van der Waals surface area contributed by atoms with Crippen LogP contribution in [-0.4, -0.2) is 19.1 Å². The van der Waals surface area contributed by atoms with Crippen molar-refractivity contribution in [2.24, 2.45) is 5.41 Å². The predicted octanol–water partition coefficient (Wildman–Crippen LogP) is 3.95. The van der Waals surface area contributed by atoms with Gasteiger partial charge in [0.2, 0.25) is 0 Å². The topological polar surface area (TPSA) is 15.3 Å². The molecule has 0 aromatic heterocycles. The number of rotatable bonds is 4. The van der Waals surface area contributed by atoms with Crippen LogP contribution in [0.4, 0.5) is 10.1 Å². The Labute approximate surface area is 122 Å². The zero-order valence-corrected chi connectivity index (χ0v) is 13.2. The number of anilines is 1. The van der Waals surface area contributed by atoms with Crippen LogP contribution < -0.4 is 10.2 Å². The number of benzene rings is 1. The van der Waals surface area contributed by atoms with Gasteiger partial charge in [-0.1, -0.05) is 39.8 Å². The number of piperidine rings is 1. The summed E-state index contributed by atoms with van der Waals surface area (Å²) in [6.07, 6.45) is 2.25. The molecule has 1 N–H and O–H groups in total. The van der Waals surface area contributed by atoms with Gasteiger partial charge in [-0.25, -0.2) is 4.39 Å². The van der Waals surface area contributed by atoms with E-state index in [9.17, 15) is 4.39 Å². The smallest absolute Gasteiger partial charge is 0.146 e. The van der Waals surface area contributed by atoms with Gasteiger partial charge in [-0.2, -0.15) is 0 Å². The molecule has 20 heavy (non-hydrogen) atoms. The maximum Gasteiger partial charge on any atom is 0.146 e. The fourth-order valence-electron chi connectivity index (χ4n) is 2.71. The first-order chi connectivity index (χ1) is 9.39. The molecule has 2 rings (SSSR count). The third-order valence-corrected chi connectivity index (χ3v) is 4.20. The first-order valence-corrected chi connectivity index (χ1v) is 7.65. The molecule has 0 atom stereocenters. The van der Waals surface area contributed by atoms with Crippen LogP contribution in [0.1, 0.15) is 46.1 Å². The average molecular weight is 278 g/mol. The summed E-state index contributed by atoms with van der Waals surface area (Å²) in [4.78, 5) is 2.22. The second-order valence-electron chi connectivity index (χ2n) is 6.93. The molecule has 1 aromatic carbocycles. The van der Waals surface area contributed by atoms with Crippen molar-refractivity contribution in [2.75, 3.05) is 18.0 Å². The monoisotopic (exact) mass is 278 g/mol. The number of halogens is 1. The lowest BCUT2D eigenvalue weighted by Gasteiger charge is -2.39. The summed E-state index contributed by atoms with van der Waals surface area (Å²) in [5.74, 6) is -0.0900. The molecule has 0 bridgehead atoms. The van der Waals surface area contributed by atoms with Crippen molar-refractivity contribution in [2.45, 2.75) is 53.1 Å². The molecule has 1 heterocycles. The van der Waals surface area contributed by atoms with Gasteiger partial charge in [0.25, 0.3) is 0 Å². The minimum atomic E-state index is -0.0900. The number of nitrogens with zero attached hydrogens (tertiary/aromatic N) is 1. The Bertz CT molecular complexity index is 444. The first-order valence-electron chi connectivity index (χ1n) is 7.65. The van der Waals surface area contributed by atoms with Crippen molar-refractivity contribution < 1.29 is 4.39 Å². The van der Waals surface area contributed by atoms with Gasteiger partial charge in [0.05, 0.1) is 5.69 Å². The quantitative estimate of drug-likeness (QED) is 0.897. The van der Waals surface area contributed by atoms with Gasteiger partial charge in [-0.05, 0) is 29.9 Å². The van der Waals surface area contributed by atoms with E-state index in [1.54, 1.807) is 6.07 Å². The Hall–Kier alpha value is -1.09. The molecule has 1 fully saturated rings. The summed E-state index contributed by atoms with van der Waals surface area (Å²) in [6, 6.07) is 5.83. The second kappa shape index (κ2) is 6.13. The minimum absolute atomic E-state index is 0.0900. The Balaban J connectivity index is 2.17. The van der Waals surface area contributed by atoms with Crippen molar-refractivity contribution in [1.29, 1.82) is 0 Å². The fraction of sp³-hybridized carbons (Fsp3) is 0.647. The van der Waals surface area contributed by atoms with E-state index in [0.717, 1.165) is 43.7 Å². The van der Waals surface area contributed by atoms with Crippen molar-refractivity contribution in [3.8, 4) is 0 Å². The first kappa shape index (κ1) is 15.3. The highest BCUT2D eigenvalue weighted by molar-refractivity contribution is 5.55. The van der Waals surface area contributed by atoms with E-state index in [4.69, 9.17) is 0 Å². The van der Waals surface area contributed by atoms with Crippen LogP contribution in [0.25, 0.3) is 0 Å². The molecule has 2 nitrogen and oxygen atoms in total. The number of para-hydroxylation sites is 1. The summed E-state index contributed by atoms with van der Waals surface area (Å²) in [5, 5.41) is 3.39. The summed E-state index contributed by atoms with van der Waals surface area (Å²) in [6.45, 7) is 11.4. The van der Waals surface area contributed by atoms with Gasteiger partial charge in [0.15, 0.2) is 0 Å². The lowest BCUT2D eigenvalue weighted by atomic mass is 9.82. The van der Waals surface area contributed by atoms with Crippen LogP contribution in [0, 0.1) is 11.2 Å². The number of hydrogen-bond acceptors (Lipinski definition) is 2. The van der Waals surface area contributed by atoms with Crippen LogP contribution in [0.15, 0.2) is 18.2 Å². The number of hydrogen-bond donors (Lipinski definition) is 1. The molecule has 1 aliphatic rings. The lowest BCUT2D eigenvalue weighted by Crippen LogP contribution is -2.38. The molecule has 0 spiro atoms. The molecule has 0 saturated carbocycles. The highest BCUT2D eigenvalue weighted by Gasteiger charge is 2.27. The second-order valence-corrected chi connectivity index (χ2v) is 6.93. The van der Waals surface area contributed by atoms with Crippen LogP contribution in [-0.2, 0) is 6.54 Å². The third-order valence-electron chi connectivity index (χ3n) is 4.20. The van der Waals surface area contributed by atoms with E-state index in [-0.39, 0.29) is 5.82 Å². The van der Waals surface area contributed by atoms with Gasteiger partial charge >= 0.3 is 0 Å². The highest BCUT2D eigenvalue weighted by atomic mass is 19.1. The van der Waals surface area contributed by atoms with Crippen molar-refractivity contribution in [3.63, 3.8) is 0 Å². The van der Waals surface area contributed by atoms with Gasteiger partial charge in [-0.3, -0.25) is 0 Å². The minimum Gasteiger partial charge on any atom is -0.369 e. The third kappa shape index (κ3) is 3.72. The highest BCUT2D eigenvalue weighted by Crippen LogP contribution is 2.34. The van der Waals surface area contributed by atoms with Crippen LogP contribution in [0.2, 0.25) is 0 Å². The van der Waals surface area contributed by atoms with E-state index in [0.29, 0.717) is 11.5 Å². The Morgan fingerprint density at radius 1 is 1.25 bits per heavy atom. The van der Waals surface area contributed by atoms with Crippen LogP contribution in [0.5, 0.6) is 0 Å². The molecule has 3 heteroatoms. The molecule has 0 unspecified atom stereocenters. The molecule has 1 aromatic rings. The maximum absolute atomic E-state index is 14.3. The summed E-state index contributed by atoms with van der Waals surface area (Å²) >= 11 is 0. The zero-order valence-electron chi connectivity index (χ0n) is 13.2. The van der Waals surface area contributed by atoms with Crippen molar-refractivity contribution in [1.82, 2.24) is 5.32 Å². The van der Waals surface area contributed by atoms with Crippen LogP contribution in [0.3, 0.4) is 0 Å². The molecule has 1 aliphatic heterocycles. The maximum atomic E-state index is 14.3. The van der Waals surface area contributed by atoms with E-state index in [1.165, 1.54) is 0 Å². The summed E-state index contributed by atoms with van der Waals surface area (Å²) < 4.78 is 14.3. The van der Waals surface area contributed by atoms with Gasteiger partial charge in [0, 0.05) is 25.7 Å². The molecule has 0 amide bonds. The van der Waals surface area contributed by atoms with E-state index in [1.807, 2.05) is 12.1 Å². The predicted molar refractivity (Wildman–Crippen MR) is 83.6 cm³/mol. The molecule has 0 radical (unpaired) electrons. The molecular formula is C17H27FN2. The zero-order chi connectivity index (χ0) is 14.8. The van der Waals surface area contributed by atoms with Crippen molar-refractivity contribution >= 4 is 5.69 Å². The Morgan fingerprint density at radius 3 is 2.50 bits per heavy atom. The number of nitrogens with one attached hydrogen (secondary N) is 1. The standard InChI is InChI=1S/C17H27FN2/c1-13(2)19-12-14-6-5-7-15(18)16(14)20-10-8-17(3,4)9-11-20/h5-7,13,19H,8-12H2,1-4H3.